The van der Waals surface area contributed by atoms with Gasteiger partial charge in [0.05, 0.1) is 9.78 Å². The second-order valence-corrected chi connectivity index (χ2v) is 7.74. The minimum absolute atomic E-state index is 0.0641. The fourth-order valence-electron chi connectivity index (χ4n) is 1.98. The number of rotatable bonds is 3. The standard InChI is InChI=1S/C12H16N2OS4/c1-4-13-7(3)8(18-11(13)16)6-9-10(15)14(5-2)12(17)19-9/h6,12,17H,4-5H2,1-3H3/b9-6+. The molecule has 0 aliphatic carbocycles. The first-order valence-corrected chi connectivity index (χ1v) is 8.69. The van der Waals surface area contributed by atoms with Crippen LogP contribution in [0.5, 0.6) is 0 Å². The number of aromatic nitrogens is 1. The minimum atomic E-state index is -0.0784. The Bertz CT molecular complexity index is 587. The van der Waals surface area contributed by atoms with E-state index >= 15 is 0 Å². The maximum Gasteiger partial charge on any atom is 0.261 e. The summed E-state index contributed by atoms with van der Waals surface area (Å²) in [5.74, 6) is 0.0641. The summed E-state index contributed by atoms with van der Waals surface area (Å²) in [6, 6.07) is 0. The Balaban J connectivity index is 2.38. The predicted octanol–water partition coefficient (Wildman–Crippen LogP) is 3.76. The Hall–Kier alpha value is -0.240. The number of hydrogen-bond donors (Lipinski definition) is 1. The molecule has 2 heterocycles. The van der Waals surface area contributed by atoms with Gasteiger partial charge >= 0.3 is 0 Å². The summed E-state index contributed by atoms with van der Waals surface area (Å²) in [7, 11) is 0. The van der Waals surface area contributed by atoms with Gasteiger partial charge in [-0.2, -0.15) is 0 Å². The summed E-state index contributed by atoms with van der Waals surface area (Å²) in [4.78, 5) is 15.8. The number of thioether (sulfide) groups is 1. The third-order valence-corrected chi connectivity index (χ3v) is 6.17. The van der Waals surface area contributed by atoms with Crippen molar-refractivity contribution < 1.29 is 4.79 Å². The zero-order valence-electron chi connectivity index (χ0n) is 11.0. The van der Waals surface area contributed by atoms with E-state index in [9.17, 15) is 4.79 Å². The lowest BCUT2D eigenvalue weighted by atomic mass is 10.3. The minimum Gasteiger partial charge on any atom is -0.327 e. The Morgan fingerprint density at radius 1 is 1.42 bits per heavy atom. The van der Waals surface area contributed by atoms with Gasteiger partial charge < -0.3 is 9.47 Å². The molecule has 0 saturated carbocycles. The van der Waals surface area contributed by atoms with Gasteiger partial charge in [0.25, 0.3) is 5.91 Å². The van der Waals surface area contributed by atoms with Crippen molar-refractivity contribution >= 4 is 59.9 Å². The molecule has 0 aromatic carbocycles. The van der Waals surface area contributed by atoms with E-state index in [2.05, 4.69) is 24.1 Å². The van der Waals surface area contributed by atoms with Crippen molar-refractivity contribution in [3.8, 4) is 0 Å². The fourth-order valence-corrected chi connectivity index (χ4v) is 5.20. The third-order valence-electron chi connectivity index (χ3n) is 3.07. The topological polar surface area (TPSA) is 25.2 Å². The number of nitrogens with zero attached hydrogens (tertiary/aromatic N) is 2. The molecule has 1 amide bonds. The van der Waals surface area contributed by atoms with Crippen LogP contribution < -0.4 is 0 Å². The smallest absolute Gasteiger partial charge is 0.261 e. The average Bonchev–Trinajstić information content (AvgIpc) is 2.78. The normalized spacial score (nSPS) is 21.7. The van der Waals surface area contributed by atoms with Crippen LogP contribution in [0.2, 0.25) is 0 Å². The first kappa shape index (κ1) is 15.2. The van der Waals surface area contributed by atoms with Gasteiger partial charge in [-0.25, -0.2) is 0 Å². The van der Waals surface area contributed by atoms with Gasteiger partial charge in [0.15, 0.2) is 3.95 Å². The van der Waals surface area contributed by atoms with Crippen molar-refractivity contribution in [1.82, 2.24) is 9.47 Å². The second kappa shape index (κ2) is 6.03. The molecule has 1 aliphatic rings. The molecule has 1 saturated heterocycles. The largest absolute Gasteiger partial charge is 0.327 e. The molecular weight excluding hydrogens is 316 g/mol. The highest BCUT2D eigenvalue weighted by Crippen LogP contribution is 2.38. The molecular formula is C12H16N2OS4. The molecule has 0 radical (unpaired) electrons. The molecule has 104 valence electrons. The quantitative estimate of drug-likeness (QED) is 0.518. The van der Waals surface area contributed by atoms with Crippen molar-refractivity contribution in [2.75, 3.05) is 6.54 Å². The SMILES string of the molecule is CCN1C(=O)/C(=C\c2sc(=S)n(CC)c2C)SC1S. The van der Waals surface area contributed by atoms with E-state index < -0.39 is 0 Å². The number of hydrogen-bond acceptors (Lipinski definition) is 5. The molecule has 1 aromatic rings. The van der Waals surface area contributed by atoms with Crippen LogP contribution in [0, 0.1) is 10.9 Å². The van der Waals surface area contributed by atoms with Crippen LogP contribution in [-0.4, -0.2) is 26.6 Å². The number of carbonyl (C=O) groups excluding carboxylic acids is 1. The Morgan fingerprint density at radius 3 is 2.58 bits per heavy atom. The van der Waals surface area contributed by atoms with Crippen molar-refractivity contribution in [1.29, 1.82) is 0 Å². The van der Waals surface area contributed by atoms with Crippen LogP contribution in [0.3, 0.4) is 0 Å². The molecule has 1 unspecified atom stereocenters. The first-order chi connectivity index (χ1) is 8.99. The van der Waals surface area contributed by atoms with Crippen molar-refractivity contribution in [3.63, 3.8) is 0 Å². The van der Waals surface area contributed by atoms with Crippen molar-refractivity contribution in [2.45, 2.75) is 32.0 Å². The fraction of sp³-hybridized carbons (Fsp3) is 0.500. The lowest BCUT2D eigenvalue weighted by Gasteiger charge is -2.15. The molecule has 1 aromatic heterocycles. The van der Waals surface area contributed by atoms with E-state index in [1.54, 1.807) is 16.2 Å². The van der Waals surface area contributed by atoms with Crippen LogP contribution in [0.25, 0.3) is 6.08 Å². The molecule has 0 bridgehead atoms. The summed E-state index contributed by atoms with van der Waals surface area (Å²) < 4.78 is 2.87. The van der Waals surface area contributed by atoms with Crippen molar-refractivity contribution in [2.24, 2.45) is 0 Å². The van der Waals surface area contributed by atoms with Crippen LogP contribution in [-0.2, 0) is 11.3 Å². The summed E-state index contributed by atoms with van der Waals surface area (Å²) in [6.45, 7) is 7.63. The Labute approximate surface area is 132 Å². The van der Waals surface area contributed by atoms with Gasteiger partial charge in [0.1, 0.15) is 4.71 Å². The number of likely N-dealkylation sites (N-methyl/N-ethyl adjacent to an activating group) is 1. The molecule has 1 atom stereocenters. The highest BCUT2D eigenvalue weighted by atomic mass is 32.2. The molecule has 0 N–H and O–H groups in total. The third kappa shape index (κ3) is 2.79. The van der Waals surface area contributed by atoms with Gasteiger partial charge in [-0.05, 0) is 39.1 Å². The first-order valence-electron chi connectivity index (χ1n) is 6.07. The maximum absolute atomic E-state index is 12.2. The summed E-state index contributed by atoms with van der Waals surface area (Å²) >= 11 is 12.8. The van der Waals surface area contributed by atoms with E-state index in [1.807, 2.05) is 19.9 Å². The lowest BCUT2D eigenvalue weighted by molar-refractivity contribution is -0.124. The van der Waals surface area contributed by atoms with Crippen LogP contribution in [0.1, 0.15) is 24.4 Å². The zero-order chi connectivity index (χ0) is 14.2. The number of carbonyl (C=O) groups is 1. The molecule has 2 rings (SSSR count). The van der Waals surface area contributed by atoms with Gasteiger partial charge in [-0.1, -0.05) is 11.8 Å². The molecule has 7 heteroatoms. The van der Waals surface area contributed by atoms with Gasteiger partial charge in [-0.3, -0.25) is 4.79 Å². The molecule has 0 spiro atoms. The summed E-state index contributed by atoms with van der Waals surface area (Å²) in [5, 5.41) is 0. The highest BCUT2D eigenvalue weighted by Gasteiger charge is 2.32. The van der Waals surface area contributed by atoms with E-state index in [0.717, 1.165) is 26.0 Å². The van der Waals surface area contributed by atoms with Crippen LogP contribution >= 0.6 is 47.9 Å². The Morgan fingerprint density at radius 2 is 2.11 bits per heavy atom. The molecule has 19 heavy (non-hydrogen) atoms. The number of amides is 1. The lowest BCUT2D eigenvalue weighted by Crippen LogP contribution is -2.28. The van der Waals surface area contributed by atoms with E-state index in [4.69, 9.17) is 12.2 Å². The summed E-state index contributed by atoms with van der Waals surface area (Å²) in [6.07, 6.45) is 1.95. The zero-order valence-corrected chi connectivity index (χ0v) is 14.4. The average molecular weight is 333 g/mol. The predicted molar refractivity (Wildman–Crippen MR) is 89.3 cm³/mol. The van der Waals surface area contributed by atoms with Crippen molar-refractivity contribution in [3.05, 3.63) is 19.4 Å². The molecule has 1 fully saturated rings. The Kier molecular flexibility index (Phi) is 4.81. The van der Waals surface area contributed by atoms with Gasteiger partial charge in [-0.15, -0.1) is 24.0 Å². The van der Waals surface area contributed by atoms with E-state index in [1.165, 1.54) is 11.8 Å². The number of thiazole rings is 1. The van der Waals surface area contributed by atoms with Gasteiger partial charge in [0.2, 0.25) is 0 Å². The monoisotopic (exact) mass is 332 g/mol. The molecule has 1 aliphatic heterocycles. The highest BCUT2D eigenvalue weighted by molar-refractivity contribution is 8.14. The summed E-state index contributed by atoms with van der Waals surface area (Å²) in [5.41, 5.74) is 1.13. The van der Waals surface area contributed by atoms with Gasteiger partial charge in [0, 0.05) is 18.8 Å². The van der Waals surface area contributed by atoms with E-state index in [0.29, 0.717) is 6.54 Å². The van der Waals surface area contributed by atoms with Crippen LogP contribution in [0.15, 0.2) is 4.91 Å². The number of thiol groups is 1. The van der Waals surface area contributed by atoms with E-state index in [-0.39, 0.29) is 10.6 Å². The molecule has 3 nitrogen and oxygen atoms in total. The maximum atomic E-state index is 12.2. The second-order valence-electron chi connectivity index (χ2n) is 4.11. The van der Waals surface area contributed by atoms with Crippen LogP contribution in [0.4, 0.5) is 0 Å².